The smallest absolute Gasteiger partial charge is 0.305 e. The molecule has 0 unspecified atom stereocenters. The number of anilines is 3. The molecule has 0 aliphatic heterocycles. The van der Waals surface area contributed by atoms with Gasteiger partial charge in [0.1, 0.15) is 34.8 Å². The summed E-state index contributed by atoms with van der Waals surface area (Å²) in [7, 11) is 0. The molecule has 0 saturated heterocycles. The van der Waals surface area contributed by atoms with Gasteiger partial charge in [-0.1, -0.05) is 217 Å². The van der Waals surface area contributed by atoms with Crippen LogP contribution in [0.4, 0.5) is 30.2 Å². The molecule has 8 N–H and O–H groups in total. The molecule has 0 radical (unpaired) electrons. The van der Waals surface area contributed by atoms with Gasteiger partial charge in [-0.15, -0.1) is 0 Å². The average molecular weight is 1690 g/mol. The number of aromatic nitrogens is 3. The van der Waals surface area contributed by atoms with Crippen molar-refractivity contribution >= 4 is 58.1 Å². The van der Waals surface area contributed by atoms with Crippen LogP contribution in [0.1, 0.15) is 202 Å². The summed E-state index contributed by atoms with van der Waals surface area (Å²) in [6, 6.07) is 74.8. The zero-order chi connectivity index (χ0) is 86.3. The molecule has 0 bridgehead atoms. The van der Waals surface area contributed by atoms with Crippen LogP contribution in [0.3, 0.4) is 0 Å². The van der Waals surface area contributed by atoms with Gasteiger partial charge < -0.3 is 55.2 Å². The van der Waals surface area contributed by atoms with E-state index in [9.17, 15) is 67.2 Å². The number of amides is 3. The first kappa shape index (κ1) is 100. The van der Waals surface area contributed by atoms with Crippen LogP contribution in [-0.4, -0.2) is 105 Å². The van der Waals surface area contributed by atoms with Crippen LogP contribution in [-0.2, 0) is 38.8 Å². The number of carboxylic acids is 1. The standard InChI is InChI=1S/C34H37FN2O4.C34H35FN2O4.C31H31FN2O4.4CH4/c2*1-22(2)32-31(34(41)36-27-12-8-5-9-13-27)30(24-10-6-4-7-11-24)33(25-14-16-26(35)17-15-25)37(32)19-18-28(39)21-29(40)20-23(3)38;1-20(2)29-28(31(38)33-24-11-7-4-8-12-24)27(21-9-5-3-6-10-21)30(22-13-15-23(32)16-14-22)34(29)18-17-25(35)19-26(36)37;;;;/h4-17,22,28-29,39-40H,18-21H2,1-3H3,(H,36,41);4-17,22,28,39H,18-21H2,1-3H3,(H,36,41);3-16,20,25,35H,17-19H2,1-2H3,(H,33,38)(H,36,37);4*1H4/t28-,29+;28-;25-;;;;/m111..../s1. The van der Waals surface area contributed by atoms with E-state index in [0.29, 0.717) is 74.8 Å². The highest BCUT2D eigenvalue weighted by Gasteiger charge is 2.35. The molecule has 4 atom stereocenters. The molecule has 0 aliphatic carbocycles. The SMILES string of the molecule is C.C.C.C.CC(=O)CC(=O)C[C@H](O)CCn1c(-c2ccc(F)cc2)c(-c2ccccc2)c(C(=O)Nc2ccccc2)c1C(C)C.CC(=O)C[C@H](O)C[C@H](O)CCn1c(-c2ccc(F)cc2)c(-c2ccccc2)c(C(=O)Nc2ccccc2)c1C(C)C.CC(C)c1c(C(=O)Nc2ccccc2)c(-c2ccccc2)c(-c2ccc(F)cc2)n1CC[C@@H](O)CC(=O)O. The molecule has 0 saturated carbocycles. The van der Waals surface area contributed by atoms with Crippen molar-refractivity contribution in [2.24, 2.45) is 0 Å². The van der Waals surface area contributed by atoms with E-state index < -0.39 is 30.4 Å². The third kappa shape index (κ3) is 26.4. The van der Waals surface area contributed by atoms with Gasteiger partial charge in [-0.05, 0) is 200 Å². The number of para-hydroxylation sites is 3. The van der Waals surface area contributed by atoms with Gasteiger partial charge in [0, 0.05) is 83.3 Å². The van der Waals surface area contributed by atoms with E-state index in [-0.39, 0.29) is 158 Å². The van der Waals surface area contributed by atoms with Gasteiger partial charge in [0.05, 0.1) is 71.0 Å². The first-order chi connectivity index (χ1) is 57.6. The van der Waals surface area contributed by atoms with Gasteiger partial charge in [-0.3, -0.25) is 33.6 Å². The summed E-state index contributed by atoms with van der Waals surface area (Å²) in [6.45, 7) is 15.7. The van der Waals surface area contributed by atoms with Crippen LogP contribution >= 0.6 is 0 Å². The monoisotopic (exact) mass is 1690 g/mol. The van der Waals surface area contributed by atoms with Crippen molar-refractivity contribution in [2.45, 2.75) is 198 Å². The van der Waals surface area contributed by atoms with Crippen molar-refractivity contribution in [1.29, 1.82) is 0 Å². The molecule has 21 heteroatoms. The van der Waals surface area contributed by atoms with Gasteiger partial charge in [0.25, 0.3) is 17.7 Å². The number of nitrogens with zero attached hydrogens (tertiary/aromatic N) is 3. The second kappa shape index (κ2) is 47.7. The molecule has 0 fully saturated rings. The molecule has 3 heterocycles. The Morgan fingerprint density at radius 1 is 0.323 bits per heavy atom. The van der Waals surface area contributed by atoms with E-state index in [1.807, 2.05) is 237 Å². The average Bonchev–Trinajstić information content (AvgIpc) is 1.60. The summed E-state index contributed by atoms with van der Waals surface area (Å²) >= 11 is 0. The Labute approximate surface area is 727 Å². The summed E-state index contributed by atoms with van der Waals surface area (Å²) in [4.78, 5) is 88.2. The normalized spacial score (nSPS) is 11.8. The van der Waals surface area contributed by atoms with E-state index >= 15 is 0 Å². The summed E-state index contributed by atoms with van der Waals surface area (Å²) < 4.78 is 48.0. The highest BCUT2D eigenvalue weighted by atomic mass is 19.1. The summed E-state index contributed by atoms with van der Waals surface area (Å²) in [5.74, 6) is -4.00. The van der Waals surface area contributed by atoms with E-state index in [1.54, 1.807) is 36.4 Å². The number of aliphatic hydroxyl groups excluding tert-OH is 4. The van der Waals surface area contributed by atoms with E-state index in [1.165, 1.54) is 50.2 Å². The third-order valence-electron chi connectivity index (χ3n) is 20.3. The van der Waals surface area contributed by atoms with Crippen LogP contribution in [0.25, 0.3) is 67.2 Å². The van der Waals surface area contributed by atoms with E-state index in [4.69, 9.17) is 5.11 Å². The highest BCUT2D eigenvalue weighted by Crippen LogP contribution is 2.47. The molecule has 124 heavy (non-hydrogen) atoms. The Morgan fingerprint density at radius 3 is 0.831 bits per heavy atom. The van der Waals surface area contributed by atoms with Gasteiger partial charge in [0.2, 0.25) is 0 Å². The predicted molar refractivity (Wildman–Crippen MR) is 493 cm³/mol. The van der Waals surface area contributed by atoms with Crippen LogP contribution in [0, 0.1) is 17.5 Å². The summed E-state index contributed by atoms with van der Waals surface area (Å²) in [5.41, 5.74) is 14.7. The second-order valence-corrected chi connectivity index (χ2v) is 30.8. The number of hydrogen-bond donors (Lipinski definition) is 8. The minimum Gasteiger partial charge on any atom is -0.481 e. The minimum atomic E-state index is -1.08. The quantitative estimate of drug-likeness (QED) is 0.0175. The molecule has 9 aromatic carbocycles. The van der Waals surface area contributed by atoms with Crippen LogP contribution in [0.5, 0.6) is 0 Å². The van der Waals surface area contributed by atoms with Crippen LogP contribution in [0.15, 0.2) is 255 Å². The number of hydrogen-bond acceptors (Lipinski definition) is 11. The Hall–Kier alpha value is -12.7. The second-order valence-electron chi connectivity index (χ2n) is 30.8. The molecule has 3 aromatic heterocycles. The fourth-order valence-corrected chi connectivity index (χ4v) is 15.3. The van der Waals surface area contributed by atoms with Gasteiger partial charge in [-0.25, -0.2) is 13.2 Å². The topological polar surface area (TPSA) is 272 Å². The number of carboxylic acid groups (broad SMARTS) is 1. The lowest BCUT2D eigenvalue weighted by Gasteiger charge is -2.20. The molecular weight excluding hydrogens is 1570 g/mol. The molecule has 12 aromatic rings. The van der Waals surface area contributed by atoms with Crippen molar-refractivity contribution < 1.29 is 72.3 Å². The van der Waals surface area contributed by atoms with Crippen LogP contribution < -0.4 is 16.0 Å². The van der Waals surface area contributed by atoms with Gasteiger partial charge in [-0.2, -0.15) is 0 Å². The maximum Gasteiger partial charge on any atom is 0.305 e. The van der Waals surface area contributed by atoms with Crippen LogP contribution in [0.2, 0.25) is 0 Å². The lowest BCUT2D eigenvalue weighted by Crippen LogP contribution is -2.22. The first-order valence-corrected chi connectivity index (χ1v) is 40.3. The number of benzene rings is 9. The molecule has 0 aliphatic rings. The highest BCUT2D eigenvalue weighted by molar-refractivity contribution is 6.15. The zero-order valence-electron chi connectivity index (χ0n) is 68.6. The molecule has 654 valence electrons. The van der Waals surface area contributed by atoms with Crippen molar-refractivity contribution in [3.63, 3.8) is 0 Å². The minimum absolute atomic E-state index is 0. The summed E-state index contributed by atoms with van der Waals surface area (Å²) in [6.07, 6.45) is -3.81. The number of aliphatic carboxylic acids is 1. The van der Waals surface area contributed by atoms with E-state index in [2.05, 4.69) is 16.0 Å². The number of rotatable bonds is 34. The predicted octanol–water partition coefficient (Wildman–Crippen LogP) is 23.0. The number of ketones is 3. The lowest BCUT2D eigenvalue weighted by molar-refractivity contribution is -0.139. The van der Waals surface area contributed by atoms with Crippen molar-refractivity contribution in [2.75, 3.05) is 16.0 Å². The molecule has 12 rings (SSSR count). The number of aliphatic hydroxyl groups is 4. The summed E-state index contributed by atoms with van der Waals surface area (Å²) in [5, 5.41) is 60.4. The van der Waals surface area contributed by atoms with Crippen molar-refractivity contribution in [3.8, 4) is 67.2 Å². The Bertz CT molecular complexity index is 5450. The number of carbonyl (C=O) groups is 7. The van der Waals surface area contributed by atoms with E-state index in [0.717, 1.165) is 56.3 Å². The third-order valence-corrected chi connectivity index (χ3v) is 20.3. The first-order valence-electron chi connectivity index (χ1n) is 40.3. The molecule has 18 nitrogen and oxygen atoms in total. The molecule has 0 spiro atoms. The number of halogens is 3. The largest absolute Gasteiger partial charge is 0.481 e. The lowest BCUT2D eigenvalue weighted by atomic mass is 9.94. The molecular formula is C103H119F3N6O12. The fraction of sp³-hybridized carbons (Fsp3) is 0.291. The molecule has 3 amide bonds. The van der Waals surface area contributed by atoms with Crippen molar-refractivity contribution in [3.05, 3.63) is 306 Å². The Kier molecular flexibility index (Phi) is 38.5. The zero-order valence-corrected chi connectivity index (χ0v) is 68.6. The number of nitrogens with one attached hydrogen (secondary N) is 3. The number of Topliss-reactive ketones (excluding diaryl/α,β-unsaturated/α-hetero) is 3. The van der Waals surface area contributed by atoms with Gasteiger partial charge in [0.15, 0.2) is 0 Å². The number of carbonyl (C=O) groups excluding carboxylic acids is 6. The fourth-order valence-electron chi connectivity index (χ4n) is 15.3. The van der Waals surface area contributed by atoms with Crippen molar-refractivity contribution in [1.82, 2.24) is 13.7 Å². The Balaban J connectivity index is 0.000000283. The maximum atomic E-state index is 14.1. The van der Waals surface area contributed by atoms with Gasteiger partial charge >= 0.3 is 5.97 Å². The maximum absolute atomic E-state index is 14.1. The Morgan fingerprint density at radius 2 is 0.581 bits per heavy atom.